The first-order valence-corrected chi connectivity index (χ1v) is 7.39. The molecule has 1 aromatic carbocycles. The third-order valence-electron chi connectivity index (χ3n) is 3.82. The van der Waals surface area contributed by atoms with Crippen molar-refractivity contribution in [1.82, 2.24) is 9.80 Å². The summed E-state index contributed by atoms with van der Waals surface area (Å²) in [5, 5.41) is 0. The van der Waals surface area contributed by atoms with Crippen molar-refractivity contribution >= 4 is 11.8 Å². The van der Waals surface area contributed by atoms with Crippen LogP contribution < -0.4 is 5.73 Å². The Balaban J connectivity index is 1.93. The van der Waals surface area contributed by atoms with Crippen LogP contribution in [0.5, 0.6) is 0 Å². The molecular weight excluding hydrogens is 266 g/mol. The summed E-state index contributed by atoms with van der Waals surface area (Å²) in [6, 6.07) is 8.75. The van der Waals surface area contributed by atoms with E-state index in [9.17, 15) is 9.59 Å². The minimum atomic E-state index is -0.626. The van der Waals surface area contributed by atoms with E-state index >= 15 is 0 Å². The molecule has 2 N–H and O–H groups in total. The zero-order valence-corrected chi connectivity index (χ0v) is 12.7. The number of nitrogens with zero attached hydrogens (tertiary/aromatic N) is 2. The monoisotopic (exact) mass is 289 g/mol. The fourth-order valence-electron chi connectivity index (χ4n) is 2.51. The van der Waals surface area contributed by atoms with Crippen LogP contribution in [0.25, 0.3) is 0 Å². The number of nitrogens with two attached hydrogens (primary N) is 1. The van der Waals surface area contributed by atoms with Gasteiger partial charge in [0.05, 0.1) is 0 Å². The van der Waals surface area contributed by atoms with Gasteiger partial charge in [0.1, 0.15) is 6.04 Å². The highest BCUT2D eigenvalue weighted by Crippen LogP contribution is 2.15. The van der Waals surface area contributed by atoms with E-state index in [-0.39, 0.29) is 17.7 Å². The van der Waals surface area contributed by atoms with Crippen molar-refractivity contribution in [3.05, 3.63) is 35.9 Å². The molecule has 1 fully saturated rings. The van der Waals surface area contributed by atoms with Crippen molar-refractivity contribution in [1.29, 1.82) is 0 Å². The predicted molar refractivity (Wildman–Crippen MR) is 81.4 cm³/mol. The van der Waals surface area contributed by atoms with Gasteiger partial charge in [-0.25, -0.2) is 0 Å². The van der Waals surface area contributed by atoms with Gasteiger partial charge in [-0.05, 0) is 5.56 Å². The van der Waals surface area contributed by atoms with Gasteiger partial charge in [-0.2, -0.15) is 0 Å². The lowest BCUT2D eigenvalue weighted by Gasteiger charge is -2.36. The summed E-state index contributed by atoms with van der Waals surface area (Å²) in [4.78, 5) is 27.9. The SMILES string of the molecule is CC(C)C(=O)N1CCN(C(=O)C(N)c2ccccc2)CC1. The molecule has 1 aliphatic rings. The maximum absolute atomic E-state index is 12.4. The summed E-state index contributed by atoms with van der Waals surface area (Å²) < 4.78 is 0. The maximum Gasteiger partial charge on any atom is 0.244 e. The van der Waals surface area contributed by atoms with Gasteiger partial charge in [-0.1, -0.05) is 44.2 Å². The van der Waals surface area contributed by atoms with Gasteiger partial charge >= 0.3 is 0 Å². The fraction of sp³-hybridized carbons (Fsp3) is 0.500. The van der Waals surface area contributed by atoms with Crippen LogP contribution in [-0.4, -0.2) is 47.8 Å². The normalized spacial score (nSPS) is 17.0. The van der Waals surface area contributed by atoms with Crippen LogP contribution in [0.15, 0.2) is 30.3 Å². The molecule has 1 unspecified atom stereocenters. The highest BCUT2D eigenvalue weighted by atomic mass is 16.2. The van der Waals surface area contributed by atoms with Gasteiger partial charge in [0.15, 0.2) is 0 Å². The summed E-state index contributed by atoms with van der Waals surface area (Å²) in [6.45, 7) is 6.07. The van der Waals surface area contributed by atoms with Gasteiger partial charge in [-0.15, -0.1) is 0 Å². The number of amides is 2. The third-order valence-corrected chi connectivity index (χ3v) is 3.82. The number of hydrogen-bond donors (Lipinski definition) is 1. The van der Waals surface area contributed by atoms with Crippen LogP contribution in [0, 0.1) is 5.92 Å². The Kier molecular flexibility index (Phi) is 4.96. The number of carbonyl (C=O) groups excluding carboxylic acids is 2. The number of benzene rings is 1. The maximum atomic E-state index is 12.4. The average molecular weight is 289 g/mol. The number of hydrogen-bond acceptors (Lipinski definition) is 3. The molecule has 1 heterocycles. The lowest BCUT2D eigenvalue weighted by molar-refractivity contribution is -0.142. The molecule has 0 radical (unpaired) electrons. The van der Waals surface area contributed by atoms with Crippen molar-refractivity contribution in [2.24, 2.45) is 11.7 Å². The van der Waals surface area contributed by atoms with Crippen molar-refractivity contribution in [3.8, 4) is 0 Å². The second-order valence-electron chi connectivity index (χ2n) is 5.69. The summed E-state index contributed by atoms with van der Waals surface area (Å²) in [5.41, 5.74) is 6.86. The first kappa shape index (κ1) is 15.5. The molecule has 114 valence electrons. The zero-order chi connectivity index (χ0) is 15.4. The quantitative estimate of drug-likeness (QED) is 0.903. The number of carbonyl (C=O) groups is 2. The molecule has 1 aromatic rings. The minimum absolute atomic E-state index is 0.00109. The van der Waals surface area contributed by atoms with Crippen LogP contribution in [0.3, 0.4) is 0 Å². The predicted octanol–water partition coefficient (Wildman–Crippen LogP) is 1.01. The van der Waals surface area contributed by atoms with E-state index in [0.717, 1.165) is 5.56 Å². The second kappa shape index (κ2) is 6.72. The largest absolute Gasteiger partial charge is 0.339 e. The second-order valence-corrected chi connectivity index (χ2v) is 5.69. The Morgan fingerprint density at radius 2 is 1.43 bits per heavy atom. The van der Waals surface area contributed by atoms with E-state index in [4.69, 9.17) is 5.73 Å². The van der Waals surface area contributed by atoms with E-state index < -0.39 is 6.04 Å². The van der Waals surface area contributed by atoms with Crippen LogP contribution >= 0.6 is 0 Å². The van der Waals surface area contributed by atoms with E-state index in [1.165, 1.54) is 0 Å². The van der Waals surface area contributed by atoms with E-state index in [2.05, 4.69) is 0 Å². The van der Waals surface area contributed by atoms with E-state index in [1.54, 1.807) is 4.90 Å². The molecule has 2 rings (SSSR count). The third kappa shape index (κ3) is 3.61. The standard InChI is InChI=1S/C16H23N3O2/c1-12(2)15(20)18-8-10-19(11-9-18)16(21)14(17)13-6-4-3-5-7-13/h3-7,12,14H,8-11,17H2,1-2H3. The van der Waals surface area contributed by atoms with Crippen LogP contribution in [-0.2, 0) is 9.59 Å². The topological polar surface area (TPSA) is 66.6 Å². The first-order valence-electron chi connectivity index (χ1n) is 7.39. The molecule has 0 saturated carbocycles. The molecule has 21 heavy (non-hydrogen) atoms. The molecule has 2 amide bonds. The Labute approximate surface area is 125 Å². The molecule has 1 aliphatic heterocycles. The van der Waals surface area contributed by atoms with E-state index in [0.29, 0.717) is 26.2 Å². The minimum Gasteiger partial charge on any atom is -0.339 e. The number of rotatable bonds is 3. The Morgan fingerprint density at radius 3 is 1.90 bits per heavy atom. The van der Waals surface area contributed by atoms with Gasteiger partial charge in [0.2, 0.25) is 11.8 Å². The molecule has 5 heteroatoms. The van der Waals surface area contributed by atoms with Crippen molar-refractivity contribution < 1.29 is 9.59 Å². The summed E-state index contributed by atoms with van der Waals surface area (Å²) >= 11 is 0. The fourth-order valence-corrected chi connectivity index (χ4v) is 2.51. The van der Waals surface area contributed by atoms with Crippen LogP contribution in [0.1, 0.15) is 25.5 Å². The van der Waals surface area contributed by atoms with Crippen molar-refractivity contribution in [2.75, 3.05) is 26.2 Å². The summed E-state index contributed by atoms with van der Waals surface area (Å²) in [6.07, 6.45) is 0. The first-order chi connectivity index (χ1) is 10.0. The average Bonchev–Trinajstić information content (AvgIpc) is 2.53. The Hall–Kier alpha value is -1.88. The Bertz CT molecular complexity index is 494. The summed E-state index contributed by atoms with van der Waals surface area (Å²) in [5.74, 6) is 0.0751. The molecule has 0 bridgehead atoms. The Morgan fingerprint density at radius 1 is 0.952 bits per heavy atom. The smallest absolute Gasteiger partial charge is 0.244 e. The van der Waals surface area contributed by atoms with Crippen molar-refractivity contribution in [3.63, 3.8) is 0 Å². The van der Waals surface area contributed by atoms with Gasteiger partial charge < -0.3 is 15.5 Å². The molecule has 0 aromatic heterocycles. The lowest BCUT2D eigenvalue weighted by Crippen LogP contribution is -2.53. The van der Waals surface area contributed by atoms with Crippen molar-refractivity contribution in [2.45, 2.75) is 19.9 Å². The zero-order valence-electron chi connectivity index (χ0n) is 12.7. The molecule has 0 spiro atoms. The molecule has 5 nitrogen and oxygen atoms in total. The molecular formula is C16H23N3O2. The molecule has 1 saturated heterocycles. The van der Waals surface area contributed by atoms with Crippen LogP contribution in [0.4, 0.5) is 0 Å². The van der Waals surface area contributed by atoms with Gasteiger partial charge in [-0.3, -0.25) is 9.59 Å². The van der Waals surface area contributed by atoms with Gasteiger partial charge in [0, 0.05) is 32.1 Å². The van der Waals surface area contributed by atoms with Crippen LogP contribution in [0.2, 0.25) is 0 Å². The van der Waals surface area contributed by atoms with E-state index in [1.807, 2.05) is 49.1 Å². The number of piperazine rings is 1. The molecule has 0 aliphatic carbocycles. The lowest BCUT2D eigenvalue weighted by atomic mass is 10.1. The summed E-state index contributed by atoms with van der Waals surface area (Å²) in [7, 11) is 0. The molecule has 1 atom stereocenters. The highest BCUT2D eigenvalue weighted by molar-refractivity contribution is 5.83. The highest BCUT2D eigenvalue weighted by Gasteiger charge is 2.28. The van der Waals surface area contributed by atoms with Gasteiger partial charge in [0.25, 0.3) is 0 Å².